The van der Waals surface area contributed by atoms with Gasteiger partial charge in [0.05, 0.1) is 12.1 Å². The van der Waals surface area contributed by atoms with E-state index in [4.69, 9.17) is 0 Å². The summed E-state index contributed by atoms with van der Waals surface area (Å²) in [4.78, 5) is 15.9. The Morgan fingerprint density at radius 1 is 1.30 bits per heavy atom. The molecule has 3 rings (SSSR count). The van der Waals surface area contributed by atoms with Crippen LogP contribution in [0.15, 0.2) is 35.7 Å². The SMILES string of the molecule is CNC(=O)Cc1nc(CNC2CCCC2c2ccccc2)cs1. The Kier molecular flexibility index (Phi) is 5.41. The number of benzene rings is 1. The number of hydrogen-bond acceptors (Lipinski definition) is 4. The molecule has 0 spiro atoms. The Balaban J connectivity index is 1.56. The van der Waals surface area contributed by atoms with E-state index in [1.54, 1.807) is 18.4 Å². The van der Waals surface area contributed by atoms with Gasteiger partial charge in [0.25, 0.3) is 0 Å². The lowest BCUT2D eigenvalue weighted by Gasteiger charge is -2.21. The molecule has 1 heterocycles. The fraction of sp³-hybridized carbons (Fsp3) is 0.444. The smallest absolute Gasteiger partial charge is 0.226 e. The summed E-state index contributed by atoms with van der Waals surface area (Å²) in [5, 5.41) is 9.24. The number of aromatic nitrogens is 1. The first-order valence-corrected chi connectivity index (χ1v) is 9.06. The summed E-state index contributed by atoms with van der Waals surface area (Å²) < 4.78 is 0. The second-order valence-electron chi connectivity index (χ2n) is 6.02. The molecule has 2 atom stereocenters. The van der Waals surface area contributed by atoms with Crippen molar-refractivity contribution in [2.24, 2.45) is 0 Å². The molecule has 1 aromatic heterocycles. The molecule has 0 radical (unpaired) electrons. The normalized spacial score (nSPS) is 20.6. The van der Waals surface area contributed by atoms with Gasteiger partial charge in [-0.25, -0.2) is 4.98 Å². The largest absolute Gasteiger partial charge is 0.359 e. The van der Waals surface area contributed by atoms with E-state index >= 15 is 0 Å². The minimum Gasteiger partial charge on any atom is -0.359 e. The Labute approximate surface area is 141 Å². The summed E-state index contributed by atoms with van der Waals surface area (Å²) in [6.07, 6.45) is 4.11. The number of thiazole rings is 1. The first kappa shape index (κ1) is 16.1. The number of carbonyl (C=O) groups excluding carboxylic acids is 1. The van der Waals surface area contributed by atoms with Gasteiger partial charge in [-0.2, -0.15) is 0 Å². The van der Waals surface area contributed by atoms with Crippen molar-refractivity contribution >= 4 is 17.2 Å². The van der Waals surface area contributed by atoms with Crippen LogP contribution in [0.4, 0.5) is 0 Å². The lowest BCUT2D eigenvalue weighted by Crippen LogP contribution is -2.30. The van der Waals surface area contributed by atoms with Gasteiger partial charge in [-0.3, -0.25) is 4.79 Å². The minimum atomic E-state index is 0.0128. The highest BCUT2D eigenvalue weighted by Gasteiger charge is 2.28. The molecule has 23 heavy (non-hydrogen) atoms. The van der Waals surface area contributed by atoms with Gasteiger partial charge in [0.2, 0.25) is 5.91 Å². The van der Waals surface area contributed by atoms with Crippen LogP contribution in [0, 0.1) is 0 Å². The molecular weight excluding hydrogens is 306 g/mol. The van der Waals surface area contributed by atoms with Crippen molar-refractivity contribution in [2.45, 2.75) is 44.2 Å². The van der Waals surface area contributed by atoms with Gasteiger partial charge in [0.15, 0.2) is 0 Å². The fourth-order valence-electron chi connectivity index (χ4n) is 3.28. The quantitative estimate of drug-likeness (QED) is 0.857. The lowest BCUT2D eigenvalue weighted by molar-refractivity contribution is -0.119. The Bertz CT molecular complexity index is 641. The average Bonchev–Trinajstić information content (AvgIpc) is 3.22. The highest BCUT2D eigenvalue weighted by molar-refractivity contribution is 7.09. The molecule has 2 aromatic rings. The van der Waals surface area contributed by atoms with Crippen LogP contribution in [-0.2, 0) is 17.8 Å². The summed E-state index contributed by atoms with van der Waals surface area (Å²) in [5.74, 6) is 0.610. The van der Waals surface area contributed by atoms with Crippen molar-refractivity contribution in [2.75, 3.05) is 7.05 Å². The van der Waals surface area contributed by atoms with Crippen molar-refractivity contribution in [1.82, 2.24) is 15.6 Å². The zero-order valence-electron chi connectivity index (χ0n) is 13.4. The van der Waals surface area contributed by atoms with E-state index in [1.807, 2.05) is 0 Å². The van der Waals surface area contributed by atoms with Gasteiger partial charge in [0, 0.05) is 25.0 Å². The van der Waals surface area contributed by atoms with E-state index < -0.39 is 0 Å². The van der Waals surface area contributed by atoms with Crippen molar-refractivity contribution in [1.29, 1.82) is 0 Å². The topological polar surface area (TPSA) is 54.0 Å². The number of rotatable bonds is 6. The Morgan fingerprint density at radius 3 is 2.91 bits per heavy atom. The predicted molar refractivity (Wildman–Crippen MR) is 93.5 cm³/mol. The molecule has 0 aliphatic heterocycles. The summed E-state index contributed by atoms with van der Waals surface area (Å²) in [6, 6.07) is 11.3. The van der Waals surface area contributed by atoms with Crippen molar-refractivity contribution in [3.63, 3.8) is 0 Å². The monoisotopic (exact) mass is 329 g/mol. The molecular formula is C18H23N3OS. The Morgan fingerprint density at radius 2 is 2.13 bits per heavy atom. The molecule has 0 saturated heterocycles. The van der Waals surface area contributed by atoms with E-state index in [1.165, 1.54) is 24.8 Å². The maximum Gasteiger partial charge on any atom is 0.226 e. The second kappa shape index (κ2) is 7.70. The highest BCUT2D eigenvalue weighted by Crippen LogP contribution is 2.34. The maximum absolute atomic E-state index is 11.4. The van der Waals surface area contributed by atoms with Crippen LogP contribution >= 0.6 is 11.3 Å². The van der Waals surface area contributed by atoms with Crippen LogP contribution in [0.2, 0.25) is 0 Å². The van der Waals surface area contributed by atoms with Crippen LogP contribution in [0.1, 0.15) is 41.4 Å². The first-order chi connectivity index (χ1) is 11.3. The predicted octanol–water partition coefficient (Wildman–Crippen LogP) is 2.86. The van der Waals surface area contributed by atoms with Gasteiger partial charge in [-0.05, 0) is 24.3 Å². The van der Waals surface area contributed by atoms with Gasteiger partial charge in [-0.1, -0.05) is 36.8 Å². The molecule has 1 fully saturated rings. The summed E-state index contributed by atoms with van der Waals surface area (Å²) in [6.45, 7) is 0.776. The van der Waals surface area contributed by atoms with E-state index in [2.05, 4.69) is 51.3 Å². The molecule has 0 bridgehead atoms. The van der Waals surface area contributed by atoms with Crippen LogP contribution in [-0.4, -0.2) is 24.0 Å². The molecule has 1 saturated carbocycles. The third kappa shape index (κ3) is 4.18. The molecule has 1 aromatic carbocycles. The van der Waals surface area contributed by atoms with Gasteiger partial charge in [0.1, 0.15) is 5.01 Å². The van der Waals surface area contributed by atoms with E-state index in [9.17, 15) is 4.79 Å². The average molecular weight is 329 g/mol. The van der Waals surface area contributed by atoms with Gasteiger partial charge in [-0.15, -0.1) is 11.3 Å². The number of nitrogens with zero attached hydrogens (tertiary/aromatic N) is 1. The van der Waals surface area contributed by atoms with E-state index in [-0.39, 0.29) is 5.91 Å². The third-order valence-corrected chi connectivity index (χ3v) is 5.38. The van der Waals surface area contributed by atoms with Gasteiger partial charge < -0.3 is 10.6 Å². The number of hydrogen-bond donors (Lipinski definition) is 2. The minimum absolute atomic E-state index is 0.0128. The van der Waals surface area contributed by atoms with Crippen LogP contribution < -0.4 is 10.6 Å². The highest BCUT2D eigenvalue weighted by atomic mass is 32.1. The molecule has 2 unspecified atom stereocenters. The fourth-order valence-corrected chi connectivity index (χ4v) is 4.07. The zero-order chi connectivity index (χ0) is 16.1. The standard InChI is InChI=1S/C18H23N3OS/c1-19-17(22)10-18-21-14(12-23-18)11-20-16-9-5-8-15(16)13-6-3-2-4-7-13/h2-4,6-7,12,15-16,20H,5,8-11H2,1H3,(H,19,22). The molecule has 122 valence electrons. The number of amides is 1. The van der Waals surface area contributed by atoms with Crippen LogP contribution in [0.3, 0.4) is 0 Å². The number of likely N-dealkylation sites (N-methyl/N-ethyl adjacent to an activating group) is 1. The molecule has 4 nitrogen and oxygen atoms in total. The third-order valence-electron chi connectivity index (χ3n) is 4.48. The summed E-state index contributed by atoms with van der Waals surface area (Å²) in [5.41, 5.74) is 2.47. The van der Waals surface area contributed by atoms with Crippen LogP contribution in [0.5, 0.6) is 0 Å². The summed E-state index contributed by atoms with van der Waals surface area (Å²) in [7, 11) is 1.65. The van der Waals surface area contributed by atoms with Crippen molar-refractivity contribution < 1.29 is 4.79 Å². The zero-order valence-corrected chi connectivity index (χ0v) is 14.2. The summed E-state index contributed by atoms with van der Waals surface area (Å²) >= 11 is 1.56. The second-order valence-corrected chi connectivity index (χ2v) is 6.96. The molecule has 1 amide bonds. The van der Waals surface area contributed by atoms with E-state index in [0.29, 0.717) is 18.4 Å². The maximum atomic E-state index is 11.4. The van der Waals surface area contributed by atoms with Crippen LogP contribution in [0.25, 0.3) is 0 Å². The molecule has 2 N–H and O–H groups in total. The van der Waals surface area contributed by atoms with Gasteiger partial charge >= 0.3 is 0 Å². The molecule has 1 aliphatic rings. The lowest BCUT2D eigenvalue weighted by atomic mass is 9.94. The Hall–Kier alpha value is -1.72. The molecule has 5 heteroatoms. The number of carbonyl (C=O) groups is 1. The van der Waals surface area contributed by atoms with Crippen molar-refractivity contribution in [3.05, 3.63) is 52.0 Å². The van der Waals surface area contributed by atoms with E-state index in [0.717, 1.165) is 17.2 Å². The molecule has 1 aliphatic carbocycles. The van der Waals surface area contributed by atoms with Crippen molar-refractivity contribution in [3.8, 4) is 0 Å². The first-order valence-electron chi connectivity index (χ1n) is 8.18. The number of nitrogens with one attached hydrogen (secondary N) is 2.